The van der Waals surface area contributed by atoms with Crippen LogP contribution < -0.4 is 10.1 Å². The maximum Gasteiger partial charge on any atom is 0.233 e. The number of anilines is 1. The number of aromatic nitrogens is 2. The van der Waals surface area contributed by atoms with Gasteiger partial charge in [-0.3, -0.25) is 4.98 Å². The molecule has 0 bridgehead atoms. The van der Waals surface area contributed by atoms with E-state index in [1.165, 1.54) is 0 Å². The van der Waals surface area contributed by atoms with Crippen molar-refractivity contribution in [2.75, 3.05) is 19.0 Å². The van der Waals surface area contributed by atoms with Crippen LogP contribution in [0.25, 0.3) is 0 Å². The lowest BCUT2D eigenvalue weighted by atomic mass is 10.4. The van der Waals surface area contributed by atoms with E-state index < -0.39 is 0 Å². The molecule has 1 aliphatic carbocycles. The predicted octanol–water partition coefficient (Wildman–Crippen LogP) is 0.278. The highest BCUT2D eigenvalue weighted by Gasteiger charge is 2.36. The molecule has 0 aromatic carbocycles. The van der Waals surface area contributed by atoms with Gasteiger partial charge < -0.3 is 15.2 Å². The van der Waals surface area contributed by atoms with Crippen LogP contribution in [0.5, 0.6) is 5.88 Å². The number of methoxy groups -OCH3 is 1. The Kier molecular flexibility index (Phi) is 2.49. The molecule has 0 spiro atoms. The summed E-state index contributed by atoms with van der Waals surface area (Å²) < 4.78 is 4.95. The van der Waals surface area contributed by atoms with E-state index in [0.717, 1.165) is 6.42 Å². The van der Waals surface area contributed by atoms with E-state index in [0.29, 0.717) is 23.7 Å². The Morgan fingerprint density at radius 1 is 1.64 bits per heavy atom. The zero-order valence-corrected chi connectivity index (χ0v) is 7.97. The van der Waals surface area contributed by atoms with Gasteiger partial charge >= 0.3 is 0 Å². The molecule has 76 valence electrons. The molecule has 2 atom stereocenters. The van der Waals surface area contributed by atoms with Crippen LogP contribution >= 0.6 is 0 Å². The van der Waals surface area contributed by atoms with E-state index in [9.17, 15) is 0 Å². The lowest BCUT2D eigenvalue weighted by Crippen LogP contribution is -2.08. The molecule has 0 saturated heterocycles. The third kappa shape index (κ3) is 1.93. The molecule has 0 radical (unpaired) electrons. The van der Waals surface area contributed by atoms with Crippen LogP contribution in [0.3, 0.4) is 0 Å². The van der Waals surface area contributed by atoms with Crippen LogP contribution in [-0.4, -0.2) is 34.8 Å². The molecule has 5 nitrogen and oxygen atoms in total. The van der Waals surface area contributed by atoms with Gasteiger partial charge in [-0.2, -0.15) is 4.98 Å². The highest BCUT2D eigenvalue weighted by atomic mass is 16.5. The summed E-state index contributed by atoms with van der Waals surface area (Å²) >= 11 is 0. The van der Waals surface area contributed by atoms with Crippen molar-refractivity contribution < 1.29 is 9.84 Å². The third-order valence-electron chi connectivity index (χ3n) is 2.31. The zero-order chi connectivity index (χ0) is 9.97. The Labute approximate surface area is 82.1 Å². The topological polar surface area (TPSA) is 67.3 Å². The van der Waals surface area contributed by atoms with Crippen LogP contribution in [0, 0.1) is 5.92 Å². The first-order valence-corrected chi connectivity index (χ1v) is 4.57. The SMILES string of the molecule is COc1cncc(NC2CC2CO)n1. The van der Waals surface area contributed by atoms with Crippen molar-refractivity contribution in [3.05, 3.63) is 12.4 Å². The molecule has 2 N–H and O–H groups in total. The van der Waals surface area contributed by atoms with E-state index >= 15 is 0 Å². The van der Waals surface area contributed by atoms with Crippen LogP contribution in [0.1, 0.15) is 6.42 Å². The van der Waals surface area contributed by atoms with Gasteiger partial charge in [-0.05, 0) is 6.42 Å². The number of rotatable bonds is 4. The highest BCUT2D eigenvalue weighted by molar-refractivity contribution is 5.36. The van der Waals surface area contributed by atoms with Crippen molar-refractivity contribution in [2.45, 2.75) is 12.5 Å². The van der Waals surface area contributed by atoms with Crippen molar-refractivity contribution in [1.29, 1.82) is 0 Å². The van der Waals surface area contributed by atoms with Gasteiger partial charge in [0.05, 0.1) is 19.5 Å². The van der Waals surface area contributed by atoms with Gasteiger partial charge in [0.15, 0.2) is 0 Å². The first kappa shape index (κ1) is 9.21. The van der Waals surface area contributed by atoms with Gasteiger partial charge in [0.25, 0.3) is 0 Å². The molecular formula is C9H13N3O2. The second-order valence-corrected chi connectivity index (χ2v) is 3.38. The average molecular weight is 195 g/mol. The molecule has 1 saturated carbocycles. The highest BCUT2D eigenvalue weighted by Crippen LogP contribution is 2.32. The molecule has 1 aromatic heterocycles. The summed E-state index contributed by atoms with van der Waals surface area (Å²) in [5.41, 5.74) is 0. The van der Waals surface area contributed by atoms with E-state index in [2.05, 4.69) is 15.3 Å². The molecule has 1 aromatic rings. The minimum Gasteiger partial charge on any atom is -0.480 e. The molecule has 1 aliphatic rings. The number of aliphatic hydroxyl groups excluding tert-OH is 1. The molecule has 14 heavy (non-hydrogen) atoms. The smallest absolute Gasteiger partial charge is 0.233 e. The molecular weight excluding hydrogens is 182 g/mol. The van der Waals surface area contributed by atoms with E-state index in [1.54, 1.807) is 19.5 Å². The van der Waals surface area contributed by atoms with Crippen molar-refractivity contribution in [3.63, 3.8) is 0 Å². The van der Waals surface area contributed by atoms with Crippen LogP contribution in [-0.2, 0) is 0 Å². The van der Waals surface area contributed by atoms with Crippen molar-refractivity contribution in [2.24, 2.45) is 5.92 Å². The summed E-state index contributed by atoms with van der Waals surface area (Å²) in [5, 5.41) is 12.0. The predicted molar refractivity (Wildman–Crippen MR) is 51.2 cm³/mol. The average Bonchev–Trinajstić information content (AvgIpc) is 2.97. The summed E-state index contributed by atoms with van der Waals surface area (Å²) in [6, 6.07) is 0.335. The number of hydrogen-bond donors (Lipinski definition) is 2. The quantitative estimate of drug-likeness (QED) is 0.722. The van der Waals surface area contributed by atoms with Gasteiger partial charge in [0, 0.05) is 18.6 Å². The number of aliphatic hydroxyl groups is 1. The van der Waals surface area contributed by atoms with Crippen LogP contribution in [0.15, 0.2) is 12.4 Å². The van der Waals surface area contributed by atoms with Crippen molar-refractivity contribution in [1.82, 2.24) is 9.97 Å². The van der Waals surface area contributed by atoms with E-state index in [-0.39, 0.29) is 6.61 Å². The lowest BCUT2D eigenvalue weighted by Gasteiger charge is -2.04. The lowest BCUT2D eigenvalue weighted by molar-refractivity contribution is 0.275. The Morgan fingerprint density at radius 2 is 2.50 bits per heavy atom. The summed E-state index contributed by atoms with van der Waals surface area (Å²) in [6.07, 6.45) is 4.20. The summed E-state index contributed by atoms with van der Waals surface area (Å²) in [5.74, 6) is 1.56. The second kappa shape index (κ2) is 3.79. The first-order valence-electron chi connectivity index (χ1n) is 4.57. The molecule has 1 fully saturated rings. The Morgan fingerprint density at radius 3 is 3.14 bits per heavy atom. The normalized spacial score (nSPS) is 24.4. The Bertz CT molecular complexity index is 319. The van der Waals surface area contributed by atoms with Gasteiger partial charge in [0.1, 0.15) is 5.82 Å². The molecule has 5 heteroatoms. The summed E-state index contributed by atoms with van der Waals surface area (Å²) in [4.78, 5) is 8.14. The standard InChI is InChI=1S/C9H13N3O2/c1-14-9-4-10-3-8(12-9)11-7-2-6(7)5-13/h3-4,6-7,13H,2,5H2,1H3,(H,11,12). The minimum atomic E-state index is 0.231. The van der Waals surface area contributed by atoms with Crippen molar-refractivity contribution in [3.8, 4) is 5.88 Å². The van der Waals surface area contributed by atoms with Crippen LogP contribution in [0.2, 0.25) is 0 Å². The van der Waals surface area contributed by atoms with Gasteiger partial charge in [-0.15, -0.1) is 0 Å². The maximum absolute atomic E-state index is 8.85. The van der Waals surface area contributed by atoms with E-state index in [1.807, 2.05) is 0 Å². The molecule has 0 aliphatic heterocycles. The third-order valence-corrected chi connectivity index (χ3v) is 2.31. The number of hydrogen-bond acceptors (Lipinski definition) is 5. The van der Waals surface area contributed by atoms with E-state index in [4.69, 9.17) is 9.84 Å². The fourth-order valence-corrected chi connectivity index (χ4v) is 1.33. The van der Waals surface area contributed by atoms with Crippen molar-refractivity contribution >= 4 is 5.82 Å². The number of nitrogens with zero attached hydrogens (tertiary/aromatic N) is 2. The fourth-order valence-electron chi connectivity index (χ4n) is 1.33. The first-order chi connectivity index (χ1) is 6.83. The minimum absolute atomic E-state index is 0.231. The fraction of sp³-hybridized carbons (Fsp3) is 0.556. The van der Waals surface area contributed by atoms with Crippen LogP contribution in [0.4, 0.5) is 5.82 Å². The maximum atomic E-state index is 8.85. The monoisotopic (exact) mass is 195 g/mol. The second-order valence-electron chi connectivity index (χ2n) is 3.38. The largest absolute Gasteiger partial charge is 0.480 e. The van der Waals surface area contributed by atoms with Gasteiger partial charge in [-0.1, -0.05) is 0 Å². The van der Waals surface area contributed by atoms with Gasteiger partial charge in [-0.25, -0.2) is 0 Å². The number of nitrogens with one attached hydrogen (secondary N) is 1. The zero-order valence-electron chi connectivity index (χ0n) is 7.97. The molecule has 2 unspecified atom stereocenters. The van der Waals surface area contributed by atoms with Gasteiger partial charge in [0.2, 0.25) is 5.88 Å². The Balaban J connectivity index is 1.96. The molecule has 1 heterocycles. The molecule has 2 rings (SSSR count). The Hall–Kier alpha value is -1.36. The summed E-state index contributed by atoms with van der Waals surface area (Å²) in [7, 11) is 1.56. The number of ether oxygens (including phenoxy) is 1. The molecule has 0 amide bonds. The summed E-state index contributed by atoms with van der Waals surface area (Å²) in [6.45, 7) is 0.231.